The molecule has 1 aliphatic rings. The number of nitrogens with one attached hydrogen (secondary N) is 2. The first-order valence-electron chi connectivity index (χ1n) is 9.01. The van der Waals surface area contributed by atoms with Gasteiger partial charge >= 0.3 is 0 Å². The SMILES string of the molecule is Cc1nccn1-c1ccccc1CNC(=O)c1ccc2c(c1)NC(=O)[C@@H](C)S2. The molecular weight excluding hydrogens is 372 g/mol. The number of thioether (sulfide) groups is 1. The first-order valence-corrected chi connectivity index (χ1v) is 9.89. The second-order valence-electron chi connectivity index (χ2n) is 6.62. The zero-order valence-corrected chi connectivity index (χ0v) is 16.4. The van der Waals surface area contributed by atoms with Crippen LogP contribution in [0.5, 0.6) is 0 Å². The molecule has 0 unspecified atom stereocenters. The van der Waals surface area contributed by atoms with Crippen LogP contribution in [0.1, 0.15) is 28.7 Å². The van der Waals surface area contributed by atoms with Gasteiger partial charge in [-0.25, -0.2) is 4.98 Å². The molecule has 142 valence electrons. The zero-order valence-electron chi connectivity index (χ0n) is 15.6. The van der Waals surface area contributed by atoms with Crippen molar-refractivity contribution in [3.8, 4) is 5.69 Å². The number of hydrogen-bond donors (Lipinski definition) is 2. The summed E-state index contributed by atoms with van der Waals surface area (Å²) >= 11 is 1.50. The van der Waals surface area contributed by atoms with Gasteiger partial charge in [0, 0.05) is 29.4 Å². The van der Waals surface area contributed by atoms with Crippen LogP contribution in [0.4, 0.5) is 5.69 Å². The highest BCUT2D eigenvalue weighted by molar-refractivity contribution is 8.00. The van der Waals surface area contributed by atoms with Crippen molar-refractivity contribution in [3.05, 3.63) is 71.8 Å². The lowest BCUT2D eigenvalue weighted by molar-refractivity contribution is -0.115. The molecule has 0 saturated carbocycles. The van der Waals surface area contributed by atoms with Crippen LogP contribution >= 0.6 is 11.8 Å². The number of imidazole rings is 1. The highest BCUT2D eigenvalue weighted by Gasteiger charge is 2.23. The van der Waals surface area contributed by atoms with Gasteiger partial charge in [-0.15, -0.1) is 11.8 Å². The Bertz CT molecular complexity index is 1060. The van der Waals surface area contributed by atoms with Crippen molar-refractivity contribution in [2.75, 3.05) is 5.32 Å². The molecule has 2 heterocycles. The number of rotatable bonds is 4. The van der Waals surface area contributed by atoms with Gasteiger partial charge < -0.3 is 15.2 Å². The summed E-state index contributed by atoms with van der Waals surface area (Å²) in [5.74, 6) is 0.661. The van der Waals surface area contributed by atoms with Crippen LogP contribution in [0.25, 0.3) is 5.69 Å². The maximum atomic E-state index is 12.7. The lowest BCUT2D eigenvalue weighted by Crippen LogP contribution is -2.27. The number of aromatic nitrogens is 2. The Hall–Kier alpha value is -3.06. The molecule has 2 N–H and O–H groups in total. The molecule has 4 rings (SSSR count). The van der Waals surface area contributed by atoms with Gasteiger partial charge in [-0.05, 0) is 43.7 Å². The molecule has 1 atom stereocenters. The first-order chi connectivity index (χ1) is 13.5. The van der Waals surface area contributed by atoms with Gasteiger partial charge in [-0.3, -0.25) is 9.59 Å². The number of nitrogens with zero attached hydrogens (tertiary/aromatic N) is 2. The monoisotopic (exact) mass is 392 g/mol. The average molecular weight is 392 g/mol. The molecule has 0 bridgehead atoms. The molecule has 28 heavy (non-hydrogen) atoms. The smallest absolute Gasteiger partial charge is 0.251 e. The predicted octanol–water partition coefficient (Wildman–Crippen LogP) is 3.54. The van der Waals surface area contributed by atoms with Crippen molar-refractivity contribution in [1.29, 1.82) is 0 Å². The molecule has 0 fully saturated rings. The summed E-state index contributed by atoms with van der Waals surface area (Å²) in [6.07, 6.45) is 3.66. The molecule has 0 aliphatic carbocycles. The summed E-state index contributed by atoms with van der Waals surface area (Å²) in [5.41, 5.74) is 3.19. The van der Waals surface area contributed by atoms with Gasteiger partial charge in [0.2, 0.25) is 5.91 Å². The Labute approximate surface area is 167 Å². The molecular formula is C21H20N4O2S. The topological polar surface area (TPSA) is 76.0 Å². The molecule has 3 aromatic rings. The Morgan fingerprint density at radius 2 is 2.11 bits per heavy atom. The Morgan fingerprint density at radius 1 is 1.29 bits per heavy atom. The zero-order chi connectivity index (χ0) is 19.7. The summed E-state index contributed by atoms with van der Waals surface area (Å²) in [7, 11) is 0. The van der Waals surface area contributed by atoms with Gasteiger partial charge in [0.25, 0.3) is 5.91 Å². The van der Waals surface area contributed by atoms with E-state index < -0.39 is 0 Å². The van der Waals surface area contributed by atoms with Crippen LogP contribution in [0.15, 0.2) is 59.8 Å². The van der Waals surface area contributed by atoms with Gasteiger partial charge in [-0.2, -0.15) is 0 Å². The van der Waals surface area contributed by atoms with Crippen molar-refractivity contribution in [3.63, 3.8) is 0 Å². The number of amides is 2. The maximum absolute atomic E-state index is 12.7. The first kappa shape index (κ1) is 18.3. The predicted molar refractivity (Wildman–Crippen MR) is 110 cm³/mol. The second-order valence-corrected chi connectivity index (χ2v) is 8.00. The summed E-state index contributed by atoms with van der Waals surface area (Å²) in [6, 6.07) is 13.3. The number of para-hydroxylation sites is 1. The largest absolute Gasteiger partial charge is 0.348 e. The van der Waals surface area contributed by atoms with E-state index in [1.54, 1.807) is 18.3 Å². The quantitative estimate of drug-likeness (QED) is 0.712. The fourth-order valence-corrected chi connectivity index (χ4v) is 4.09. The number of carbonyl (C=O) groups excluding carboxylic acids is 2. The van der Waals surface area contributed by atoms with Gasteiger partial charge in [0.1, 0.15) is 5.82 Å². The third-order valence-corrected chi connectivity index (χ3v) is 5.87. The Balaban J connectivity index is 1.51. The number of anilines is 1. The van der Waals surface area contributed by atoms with Gasteiger partial charge in [0.15, 0.2) is 0 Å². The minimum atomic E-state index is -0.183. The van der Waals surface area contributed by atoms with E-state index >= 15 is 0 Å². The number of carbonyl (C=O) groups is 2. The van der Waals surface area contributed by atoms with E-state index in [0.717, 1.165) is 22.0 Å². The highest BCUT2D eigenvalue weighted by Crippen LogP contribution is 2.35. The third-order valence-electron chi connectivity index (χ3n) is 4.69. The summed E-state index contributed by atoms with van der Waals surface area (Å²) < 4.78 is 1.99. The minimum Gasteiger partial charge on any atom is -0.348 e. The van der Waals surface area contributed by atoms with Crippen LogP contribution in [0, 0.1) is 6.92 Å². The van der Waals surface area contributed by atoms with Crippen molar-refractivity contribution in [1.82, 2.24) is 14.9 Å². The van der Waals surface area contributed by atoms with Crippen molar-refractivity contribution in [2.45, 2.75) is 30.5 Å². The van der Waals surface area contributed by atoms with Crippen LogP contribution in [0.3, 0.4) is 0 Å². The van der Waals surface area contributed by atoms with E-state index in [1.165, 1.54) is 11.8 Å². The van der Waals surface area contributed by atoms with Crippen molar-refractivity contribution < 1.29 is 9.59 Å². The normalized spacial score (nSPS) is 15.6. The van der Waals surface area contributed by atoms with E-state index in [0.29, 0.717) is 17.8 Å². The standard InChI is InChI=1S/C21H20N4O2S/c1-13-20(26)24-17-11-15(7-8-19(17)28-13)21(27)23-12-16-5-3-4-6-18(16)25-10-9-22-14(25)2/h3-11,13H,12H2,1-2H3,(H,23,27)(H,24,26)/t13-/m1/s1. The lowest BCUT2D eigenvalue weighted by atomic mass is 10.1. The number of aryl methyl sites for hydroxylation is 1. The van der Waals surface area contributed by atoms with Crippen LogP contribution in [-0.4, -0.2) is 26.6 Å². The van der Waals surface area contributed by atoms with Crippen LogP contribution in [0.2, 0.25) is 0 Å². The number of hydrogen-bond acceptors (Lipinski definition) is 4. The van der Waals surface area contributed by atoms with E-state index in [2.05, 4.69) is 15.6 Å². The molecule has 2 aromatic carbocycles. The van der Waals surface area contributed by atoms with Crippen LogP contribution in [-0.2, 0) is 11.3 Å². The molecule has 7 heteroatoms. The van der Waals surface area contributed by atoms with Crippen molar-refractivity contribution in [2.24, 2.45) is 0 Å². The van der Waals surface area contributed by atoms with E-state index in [4.69, 9.17) is 0 Å². The minimum absolute atomic E-state index is 0.0420. The lowest BCUT2D eigenvalue weighted by Gasteiger charge is -2.21. The summed E-state index contributed by atoms with van der Waals surface area (Å²) in [6.45, 7) is 4.19. The molecule has 0 spiro atoms. The fourth-order valence-electron chi connectivity index (χ4n) is 3.16. The van der Waals surface area contributed by atoms with Crippen LogP contribution < -0.4 is 10.6 Å². The summed E-state index contributed by atoms with van der Waals surface area (Å²) in [4.78, 5) is 29.8. The molecule has 0 saturated heterocycles. The Morgan fingerprint density at radius 3 is 2.89 bits per heavy atom. The molecule has 6 nitrogen and oxygen atoms in total. The molecule has 0 radical (unpaired) electrons. The van der Waals surface area contributed by atoms with Crippen molar-refractivity contribution >= 4 is 29.3 Å². The third kappa shape index (κ3) is 3.53. The molecule has 2 amide bonds. The van der Waals surface area contributed by atoms with Gasteiger partial charge in [-0.1, -0.05) is 18.2 Å². The van der Waals surface area contributed by atoms with E-state index in [9.17, 15) is 9.59 Å². The summed E-state index contributed by atoms with van der Waals surface area (Å²) in [5, 5.41) is 5.70. The van der Waals surface area contributed by atoms with E-state index in [-0.39, 0.29) is 17.1 Å². The maximum Gasteiger partial charge on any atom is 0.251 e. The average Bonchev–Trinajstić information content (AvgIpc) is 3.12. The molecule has 1 aliphatic heterocycles. The van der Waals surface area contributed by atoms with E-state index in [1.807, 2.05) is 54.9 Å². The molecule has 1 aromatic heterocycles. The Kier molecular flexibility index (Phi) is 4.92. The number of benzene rings is 2. The second kappa shape index (κ2) is 7.52. The fraction of sp³-hybridized carbons (Fsp3) is 0.190. The van der Waals surface area contributed by atoms with Gasteiger partial charge in [0.05, 0.1) is 16.6 Å². The highest BCUT2D eigenvalue weighted by atomic mass is 32.2. The number of fused-ring (bicyclic) bond motifs is 1.